The zero-order chi connectivity index (χ0) is 83.0. The van der Waals surface area contributed by atoms with E-state index in [1.165, 1.54) is 38.2 Å². The molecular weight excluding hydrogens is 1550 g/mol. The number of carboxylic acid groups (broad SMARTS) is 3. The number of ketones is 3. The van der Waals surface area contributed by atoms with Crippen molar-refractivity contribution < 1.29 is 133 Å². The second kappa shape index (κ2) is 41.4. The van der Waals surface area contributed by atoms with Gasteiger partial charge in [0.2, 0.25) is 5.78 Å². The lowest BCUT2D eigenvalue weighted by molar-refractivity contribution is -0.172. The summed E-state index contributed by atoms with van der Waals surface area (Å²) in [6, 6.07) is 13.5. The second-order valence-electron chi connectivity index (χ2n) is 24.7. The number of primary amides is 1. The molecule has 0 radical (unpaired) electrons. The molecular formula is C68H76BrF17N10O12. The highest BCUT2D eigenvalue weighted by Gasteiger charge is 2.41. The highest BCUT2D eigenvalue weighted by Crippen LogP contribution is 2.37. The van der Waals surface area contributed by atoms with Crippen LogP contribution in [0.25, 0.3) is 11.1 Å². The minimum absolute atomic E-state index is 0.0376. The fourth-order valence-electron chi connectivity index (χ4n) is 9.05. The normalized spacial score (nSPS) is 11.9. The minimum atomic E-state index is -4.88. The van der Waals surface area contributed by atoms with Crippen LogP contribution in [-0.2, 0) is 89.4 Å². The van der Waals surface area contributed by atoms with E-state index in [2.05, 4.69) is 46.0 Å². The number of aliphatic carboxylic acids is 3. The maximum Gasteiger partial charge on any atom is 0.450 e. The Morgan fingerprint density at radius 2 is 0.981 bits per heavy atom. The number of alkyl halides is 15. The Morgan fingerprint density at radius 1 is 0.556 bits per heavy atom. The third kappa shape index (κ3) is 31.1. The van der Waals surface area contributed by atoms with E-state index in [0.29, 0.717) is 48.9 Å². The molecule has 0 spiro atoms. The number of pyridine rings is 1. The fraction of sp³-hybridized carbons (Fsp3) is 0.456. The lowest BCUT2D eigenvalue weighted by atomic mass is 9.86. The van der Waals surface area contributed by atoms with Crippen molar-refractivity contribution in [1.82, 2.24) is 44.1 Å². The summed E-state index contributed by atoms with van der Waals surface area (Å²) < 4.78 is 225. The summed E-state index contributed by atoms with van der Waals surface area (Å²) in [5, 5.41) is 40.6. The van der Waals surface area contributed by atoms with Crippen molar-refractivity contribution in [3.8, 4) is 11.1 Å². The Hall–Kier alpha value is -9.92. The Labute approximate surface area is 613 Å². The number of esters is 1. The van der Waals surface area contributed by atoms with Crippen molar-refractivity contribution in [3.05, 3.63) is 159 Å². The van der Waals surface area contributed by atoms with E-state index in [0.717, 1.165) is 41.1 Å². The number of nitrogens with two attached hydrogens (primary N) is 1. The molecule has 2 aromatic carbocycles. The quantitative estimate of drug-likeness (QED) is 0.0179. The van der Waals surface area contributed by atoms with Gasteiger partial charge in [0.25, 0.3) is 12.3 Å². The molecule has 0 fully saturated rings. The van der Waals surface area contributed by atoms with E-state index < -0.39 is 145 Å². The van der Waals surface area contributed by atoms with Gasteiger partial charge in [-0.2, -0.15) is 73.1 Å². The molecule has 7 aromatic rings. The van der Waals surface area contributed by atoms with Gasteiger partial charge in [-0.15, -0.1) is 0 Å². The second-order valence-corrected chi connectivity index (χ2v) is 25.2. The molecule has 0 aliphatic rings. The van der Waals surface area contributed by atoms with Crippen molar-refractivity contribution in [2.24, 2.45) is 11.7 Å². The number of carbonyl (C=O) groups excluding carboxylic acids is 5. The van der Waals surface area contributed by atoms with Gasteiger partial charge in [-0.3, -0.25) is 52.7 Å². The Bertz CT molecular complexity index is 4100. The molecule has 0 aliphatic carbocycles. The Morgan fingerprint density at radius 3 is 1.33 bits per heavy atom. The molecule has 108 heavy (non-hydrogen) atoms. The van der Waals surface area contributed by atoms with E-state index in [4.69, 9.17) is 21.1 Å². The molecule has 0 aliphatic heterocycles. The number of amides is 1. The maximum absolute atomic E-state index is 14.2. The molecule has 596 valence electrons. The Balaban J connectivity index is 0.000000496. The highest BCUT2D eigenvalue weighted by molar-refractivity contribution is 9.09. The van der Waals surface area contributed by atoms with Crippen LogP contribution in [0, 0.1) is 23.4 Å². The summed E-state index contributed by atoms with van der Waals surface area (Å²) in [6.45, 7) is 16.2. The van der Waals surface area contributed by atoms with E-state index in [9.17, 15) is 113 Å². The summed E-state index contributed by atoms with van der Waals surface area (Å²) in [7, 11) is 0. The van der Waals surface area contributed by atoms with Gasteiger partial charge in [0.1, 0.15) is 77.5 Å². The van der Waals surface area contributed by atoms with Gasteiger partial charge in [0.05, 0.1) is 41.4 Å². The van der Waals surface area contributed by atoms with E-state index in [1.807, 2.05) is 0 Å². The largest absolute Gasteiger partial charge is 0.480 e. The summed E-state index contributed by atoms with van der Waals surface area (Å²) >= 11 is 2.94. The number of carbonyl (C=O) groups is 8. The molecule has 22 nitrogen and oxygen atoms in total. The summed E-state index contributed by atoms with van der Waals surface area (Å²) in [5.41, 5.74) is 3.64. The van der Waals surface area contributed by atoms with Crippen LogP contribution in [-0.4, -0.2) is 125 Å². The first-order chi connectivity index (χ1) is 49.6. The first kappa shape index (κ1) is 94.2. The first-order valence-corrected chi connectivity index (χ1v) is 33.1. The van der Waals surface area contributed by atoms with Crippen LogP contribution in [0.2, 0.25) is 0 Å². The molecule has 5 heterocycles. The predicted molar refractivity (Wildman–Crippen MR) is 355 cm³/mol. The third-order valence-corrected chi connectivity index (χ3v) is 14.7. The van der Waals surface area contributed by atoms with Crippen LogP contribution in [0.4, 0.5) is 74.6 Å². The SMILES string of the molecule is CC(C)C(=O)CC(=O)C(F)(F)F.CC(C)c1cc(C(F)(F)F)n(CC(=O)C[C@@H](Cc2cc(F)cc(F)c2)c2ncccc2-c2ccc(F)c(C(N)=O)c2)n1.CC(C)c1cc(C(F)(F)F)n(CC(=O)O)n1.CC(C)c1cc(C(F)(F)F)n(CC(=O)O)n1.CC(C)c1cc(C(F)F)nn1CC(=O)O.CCOC(=O)CBr. The summed E-state index contributed by atoms with van der Waals surface area (Å²) in [5.74, 6) is -13.0. The maximum atomic E-state index is 14.2. The van der Waals surface area contributed by atoms with Gasteiger partial charge < -0.3 is 25.8 Å². The summed E-state index contributed by atoms with van der Waals surface area (Å²) in [6.07, 6.45) is -21.6. The average molecular weight is 1630 g/mol. The van der Waals surface area contributed by atoms with Crippen LogP contribution < -0.4 is 5.73 Å². The van der Waals surface area contributed by atoms with Gasteiger partial charge in [-0.05, 0) is 103 Å². The molecule has 0 unspecified atom stereocenters. The van der Waals surface area contributed by atoms with Crippen LogP contribution in [0.3, 0.4) is 0 Å². The van der Waals surface area contributed by atoms with Crippen molar-refractivity contribution in [2.75, 3.05) is 11.9 Å². The van der Waals surface area contributed by atoms with Gasteiger partial charge >= 0.3 is 48.6 Å². The summed E-state index contributed by atoms with van der Waals surface area (Å²) in [4.78, 5) is 91.8. The molecule has 0 saturated carbocycles. The van der Waals surface area contributed by atoms with Crippen LogP contribution in [0.15, 0.2) is 79.0 Å². The number of hydrogen-bond acceptors (Lipinski definition) is 14. The number of ether oxygens (including phenoxy) is 1. The zero-order valence-corrected chi connectivity index (χ0v) is 60.9. The molecule has 5 aromatic heterocycles. The molecule has 1 atom stereocenters. The van der Waals surface area contributed by atoms with Crippen LogP contribution in [0.5, 0.6) is 0 Å². The van der Waals surface area contributed by atoms with Gasteiger partial charge in [0, 0.05) is 41.8 Å². The standard InChI is InChI=1S/C30H26F6N4O2.2C9H11F3N2O2.C9H12F2N2O2.C7H9F3O2.C4H7BrO2/c1-16(2)26-14-27(30(34,35)36)40(39-26)15-22(41)11-19(8-17-9-20(31)13-21(32)10-17)28-23(4-3-7-38-28)18-5-6-25(33)24(12-18)29(37)42;2*1-5(2)6-3-7(9(10,11)12)14(13-6)4-8(15)16;1-5(2)7-3-6(9(10)11)12-13(7)4-8(14)15;1-4(2)5(11)3-6(12)7(8,9)10;1-2-7-4(6)3-5/h3-7,9-10,12-14,16,19H,8,11,15H2,1-2H3,(H2,37,42);2*3,5H,4H2,1-2H3,(H,15,16);3,5,9H,4H2,1-2H3,(H,14,15);4H,3H2,1-2H3;2-3H2,1H3/t19-;;;;;/m1...../s1. The number of Topliss-reactive ketones (excluding diaryl/α,β-unsaturated/α-hetero) is 3. The van der Waals surface area contributed by atoms with Crippen LogP contribution >= 0.6 is 15.9 Å². The number of benzene rings is 2. The van der Waals surface area contributed by atoms with Crippen molar-refractivity contribution in [3.63, 3.8) is 0 Å². The number of aromatic nitrogens is 9. The average Bonchev–Trinajstić information content (AvgIpc) is 1.57. The van der Waals surface area contributed by atoms with E-state index in [1.54, 1.807) is 74.4 Å². The monoisotopic (exact) mass is 1630 g/mol. The van der Waals surface area contributed by atoms with E-state index in [-0.39, 0.29) is 88.6 Å². The lowest BCUT2D eigenvalue weighted by Crippen LogP contribution is -2.26. The molecule has 0 saturated heterocycles. The molecule has 0 bridgehead atoms. The number of rotatable bonds is 25. The van der Waals surface area contributed by atoms with Crippen molar-refractivity contribution in [2.45, 2.75) is 182 Å². The predicted octanol–water partition coefficient (Wildman–Crippen LogP) is 15.5. The van der Waals surface area contributed by atoms with Gasteiger partial charge in [0.15, 0.2) is 5.78 Å². The fourth-order valence-corrected chi connectivity index (χ4v) is 9.21. The number of nitrogens with zero attached hydrogens (tertiary/aromatic N) is 9. The lowest BCUT2D eigenvalue weighted by Gasteiger charge is -2.20. The molecule has 40 heteroatoms. The minimum Gasteiger partial charge on any atom is -0.480 e. The molecule has 1 amide bonds. The van der Waals surface area contributed by atoms with Crippen molar-refractivity contribution in [1.29, 1.82) is 0 Å². The van der Waals surface area contributed by atoms with Crippen molar-refractivity contribution >= 4 is 63.1 Å². The highest BCUT2D eigenvalue weighted by atomic mass is 79.9. The van der Waals surface area contributed by atoms with Crippen LogP contribution in [0.1, 0.15) is 192 Å². The smallest absolute Gasteiger partial charge is 0.450 e. The number of carboxylic acids is 3. The molecule has 5 N–H and O–H groups in total. The molecule has 7 rings (SSSR count). The number of halogens is 18. The third-order valence-electron chi connectivity index (χ3n) is 14.2. The van der Waals surface area contributed by atoms with Gasteiger partial charge in [-0.25, -0.2) is 31.3 Å². The number of hydrogen-bond donors (Lipinski definition) is 4. The van der Waals surface area contributed by atoms with Gasteiger partial charge in [-0.1, -0.05) is 97.3 Å². The zero-order valence-electron chi connectivity index (χ0n) is 59.3. The topological polar surface area (TPSA) is 317 Å². The first-order valence-electron chi connectivity index (χ1n) is 31.9. The van der Waals surface area contributed by atoms with E-state index >= 15 is 0 Å². The Kier molecular flexibility index (Phi) is 36.1.